The van der Waals surface area contributed by atoms with Gasteiger partial charge in [0, 0.05) is 0 Å². The number of halogens is 3. The van der Waals surface area contributed by atoms with Gasteiger partial charge in [-0.1, -0.05) is 18.7 Å². The second-order valence-corrected chi connectivity index (χ2v) is 2.01. The van der Waals surface area contributed by atoms with Gasteiger partial charge in [-0.05, 0) is 5.03 Å². The van der Waals surface area contributed by atoms with Crippen LogP contribution in [0.3, 0.4) is 0 Å². The second kappa shape index (κ2) is 6.52. The summed E-state index contributed by atoms with van der Waals surface area (Å²) in [5.41, 5.74) is 0. The zero-order chi connectivity index (χ0) is 5.98. The minimum absolute atomic E-state index is 0. The predicted molar refractivity (Wildman–Crippen MR) is 37.8 cm³/mol. The van der Waals surface area contributed by atoms with Crippen molar-refractivity contribution in [3.63, 3.8) is 0 Å². The van der Waals surface area contributed by atoms with E-state index in [0.29, 0.717) is 11.5 Å². The van der Waals surface area contributed by atoms with E-state index in [1.807, 2.05) is 0 Å². The topological polar surface area (TPSA) is 0 Å². The summed E-state index contributed by atoms with van der Waals surface area (Å²) in [7, 11) is 0. The Labute approximate surface area is 91.4 Å². The van der Waals surface area contributed by atoms with E-state index in [1.165, 1.54) is 6.08 Å². The molecule has 0 saturated heterocycles. The first-order valence-electron chi connectivity index (χ1n) is 2.34. The number of rotatable bonds is 0. The molecule has 0 amide bonds. The van der Waals surface area contributed by atoms with Crippen molar-refractivity contribution < 1.29 is 21.4 Å². The molecule has 52 valence electrons. The summed E-state index contributed by atoms with van der Waals surface area (Å²) < 4.78 is 12.1. The fourth-order valence-corrected chi connectivity index (χ4v) is 0.641. The Hall–Kier alpha value is 0.816. The number of allylic oxidation sites excluding steroid dienone is 4. The van der Waals surface area contributed by atoms with Gasteiger partial charge in [-0.15, -0.1) is 11.6 Å². The van der Waals surface area contributed by atoms with E-state index in [2.05, 4.69) is 0 Å². The molecule has 1 aliphatic carbocycles. The average Bonchev–Trinajstić information content (AvgIpc) is 1.77. The largest absolute Gasteiger partial charge is 2.00 e. The van der Waals surface area contributed by atoms with Crippen LogP contribution in [-0.4, -0.2) is 23.1 Å². The van der Waals surface area contributed by atoms with Crippen LogP contribution in [0.25, 0.3) is 0 Å². The molecule has 0 spiro atoms. The van der Waals surface area contributed by atoms with Crippen molar-refractivity contribution in [3.8, 4) is 0 Å². The van der Waals surface area contributed by atoms with Crippen LogP contribution in [0.15, 0.2) is 23.3 Å². The van der Waals surface area contributed by atoms with Crippen LogP contribution in [-0.2, 0) is 0 Å². The van der Waals surface area contributed by atoms with Crippen molar-refractivity contribution in [1.82, 2.24) is 0 Å². The molecule has 0 fully saturated rings. The van der Waals surface area contributed by atoms with E-state index in [9.17, 15) is 4.39 Å². The first-order chi connectivity index (χ1) is 3.79. The van der Waals surface area contributed by atoms with E-state index in [4.69, 9.17) is 11.6 Å². The molecular weight excluding hydrogens is 231 g/mol. The van der Waals surface area contributed by atoms with Crippen LogP contribution >= 0.6 is 11.6 Å². The fourth-order valence-electron chi connectivity index (χ4n) is 0.501. The number of hydrogen-bond donors (Lipinski definition) is 0. The summed E-state index contributed by atoms with van der Waals surface area (Å²) in [6.45, 7) is 0. The zero-order valence-corrected chi connectivity index (χ0v) is 9.04. The molecule has 0 heterocycles. The molecule has 0 unspecified atom stereocenters. The summed E-state index contributed by atoms with van der Waals surface area (Å²) in [5.74, 6) is 0. The summed E-state index contributed by atoms with van der Waals surface area (Å²) >= 11 is 5.48. The Balaban J connectivity index is 0. The van der Waals surface area contributed by atoms with Gasteiger partial charge in [0.15, 0.2) is 0 Å². The van der Waals surface area contributed by atoms with Gasteiger partial charge in [0.2, 0.25) is 0 Å². The van der Waals surface area contributed by atoms with Crippen LogP contribution in [0.1, 0.15) is 6.42 Å². The van der Waals surface area contributed by atoms with Crippen LogP contribution in [0.2, 0.25) is 0 Å². The van der Waals surface area contributed by atoms with Crippen molar-refractivity contribution in [2.24, 2.45) is 0 Å². The van der Waals surface area contributed by atoms with E-state index >= 15 is 0 Å². The summed E-state index contributed by atoms with van der Waals surface area (Å²) in [6.07, 6.45) is 4.77. The summed E-state index contributed by atoms with van der Waals surface area (Å²) in [5, 5.41) is 0.617. The maximum atomic E-state index is 12.1. The molecule has 0 radical (unpaired) electrons. The molecule has 0 bridgehead atoms. The van der Waals surface area contributed by atoms with Crippen LogP contribution in [0, 0.1) is 6.17 Å². The summed E-state index contributed by atoms with van der Waals surface area (Å²) in [4.78, 5) is 0. The predicted octanol–water partition coefficient (Wildman–Crippen LogP) is -0.806. The van der Waals surface area contributed by atoms with Crippen molar-refractivity contribution in [2.45, 2.75) is 6.42 Å². The third kappa shape index (κ3) is 4.60. The molecule has 4 heteroatoms. The fraction of sp³-hybridized carbons (Fsp3) is 0.167. The van der Waals surface area contributed by atoms with E-state index < -0.39 is 0 Å². The Morgan fingerprint density at radius 3 is 2.50 bits per heavy atom. The summed E-state index contributed by atoms with van der Waals surface area (Å²) in [6, 6.07) is 0. The maximum absolute atomic E-state index is 12.1. The molecule has 0 aromatic heterocycles. The van der Waals surface area contributed by atoms with Gasteiger partial charge in [0.25, 0.3) is 0 Å². The van der Waals surface area contributed by atoms with Gasteiger partial charge in [-0.2, -0.15) is 12.2 Å². The van der Waals surface area contributed by atoms with Gasteiger partial charge < -0.3 is 21.4 Å². The quantitative estimate of drug-likeness (QED) is 0.381. The minimum atomic E-state index is -0.130. The van der Waals surface area contributed by atoms with Crippen LogP contribution in [0.5, 0.6) is 0 Å². The smallest absolute Gasteiger partial charge is 1.00 e. The minimum Gasteiger partial charge on any atom is -1.00 e. The van der Waals surface area contributed by atoms with E-state index in [-0.39, 0.29) is 46.2 Å². The van der Waals surface area contributed by atoms with Gasteiger partial charge >= 0.3 is 23.1 Å². The van der Waals surface area contributed by atoms with Crippen molar-refractivity contribution in [3.05, 3.63) is 29.4 Å². The Morgan fingerprint density at radius 1 is 1.60 bits per heavy atom. The molecule has 0 atom stereocenters. The zero-order valence-electron chi connectivity index (χ0n) is 5.28. The first kappa shape index (κ1) is 13.4. The number of hydrogen-bond acceptors (Lipinski definition) is 0. The monoisotopic (exact) mass is 234 g/mol. The molecule has 10 heavy (non-hydrogen) atoms. The van der Waals surface area contributed by atoms with Gasteiger partial charge in [0.05, 0.1) is 0 Å². The molecule has 0 aromatic carbocycles. The van der Waals surface area contributed by atoms with Crippen molar-refractivity contribution in [1.29, 1.82) is 0 Å². The van der Waals surface area contributed by atoms with Crippen LogP contribution < -0.4 is 17.0 Å². The second-order valence-electron chi connectivity index (χ2n) is 1.57. The maximum Gasteiger partial charge on any atom is 2.00 e. The first-order valence-corrected chi connectivity index (χ1v) is 2.72. The third-order valence-electron chi connectivity index (χ3n) is 0.915. The Morgan fingerprint density at radius 2 is 2.20 bits per heavy atom. The van der Waals surface area contributed by atoms with Crippen molar-refractivity contribution >= 4 is 34.7 Å². The van der Waals surface area contributed by atoms with E-state index in [0.717, 1.165) is 0 Å². The average molecular weight is 236 g/mol. The third-order valence-corrected chi connectivity index (χ3v) is 1.20. The Kier molecular flexibility index (Phi) is 8.74. The molecule has 0 nitrogen and oxygen atoms in total. The molecule has 1 aliphatic rings. The van der Waals surface area contributed by atoms with E-state index in [1.54, 1.807) is 12.2 Å². The molecule has 0 saturated carbocycles. The van der Waals surface area contributed by atoms with Crippen LogP contribution in [0.4, 0.5) is 4.39 Å². The molecule has 1 rings (SSSR count). The molecule has 0 aliphatic heterocycles. The Bertz CT molecular complexity index is 147. The van der Waals surface area contributed by atoms with Gasteiger partial charge in [0.1, 0.15) is 0 Å². The SMILES string of the molecule is F[C-]1C=CC(Cl)=CC1.[Br-].[Mg+2]. The normalized spacial score (nSPS) is 15.0. The molecule has 0 aromatic rings. The molecular formula is C6H5BrClFMg. The van der Waals surface area contributed by atoms with Gasteiger partial charge in [-0.25, -0.2) is 0 Å². The molecule has 0 N–H and O–H groups in total. The van der Waals surface area contributed by atoms with Gasteiger partial charge in [-0.3, -0.25) is 0 Å². The van der Waals surface area contributed by atoms with Crippen molar-refractivity contribution in [2.75, 3.05) is 0 Å². The standard InChI is InChI=1S/C6H5ClF.BrH.Mg/c7-5-1-3-6(8)4-2-5;;/h1-3H,4H2;1H;/q-1;;+2/p-1.